The molecule has 0 bridgehead atoms. The third-order valence-electron chi connectivity index (χ3n) is 3.63. The normalized spacial score (nSPS) is 18.4. The van der Waals surface area contributed by atoms with Crippen LogP contribution in [0.15, 0.2) is 34.9 Å². The minimum atomic E-state index is -0.323. The third-order valence-corrected chi connectivity index (χ3v) is 3.63. The topological polar surface area (TPSA) is 68.5 Å². The van der Waals surface area contributed by atoms with Gasteiger partial charge in [-0.05, 0) is 18.6 Å². The maximum Gasteiger partial charge on any atom is 0.258 e. The van der Waals surface area contributed by atoms with E-state index < -0.39 is 0 Å². The van der Waals surface area contributed by atoms with Crippen molar-refractivity contribution in [1.82, 2.24) is 15.0 Å². The van der Waals surface area contributed by atoms with Gasteiger partial charge < -0.3 is 14.2 Å². The molecule has 0 N–H and O–H groups in total. The lowest BCUT2D eigenvalue weighted by Gasteiger charge is -2.31. The number of ether oxygens (including phenoxy) is 1. The van der Waals surface area contributed by atoms with Gasteiger partial charge in [0.1, 0.15) is 6.10 Å². The van der Waals surface area contributed by atoms with Crippen LogP contribution in [0.3, 0.4) is 0 Å². The lowest BCUT2D eigenvalue weighted by Crippen LogP contribution is -2.42. The van der Waals surface area contributed by atoms with E-state index in [9.17, 15) is 4.79 Å². The average molecular weight is 301 g/mol. The maximum atomic E-state index is 12.0. The predicted molar refractivity (Wildman–Crippen MR) is 79.9 cm³/mol. The minimum absolute atomic E-state index is 0.155. The molecule has 2 heterocycles. The van der Waals surface area contributed by atoms with Gasteiger partial charge in [-0.1, -0.05) is 30.3 Å². The van der Waals surface area contributed by atoms with E-state index in [0.29, 0.717) is 37.8 Å². The van der Waals surface area contributed by atoms with E-state index in [1.807, 2.05) is 42.2 Å². The highest BCUT2D eigenvalue weighted by Crippen LogP contribution is 2.23. The Kier molecular flexibility index (Phi) is 4.48. The van der Waals surface area contributed by atoms with Crippen molar-refractivity contribution in [2.45, 2.75) is 25.9 Å². The summed E-state index contributed by atoms with van der Waals surface area (Å²) in [6, 6.07) is 9.59. The van der Waals surface area contributed by atoms with Gasteiger partial charge in [0, 0.05) is 18.5 Å². The fourth-order valence-electron chi connectivity index (χ4n) is 2.47. The molecule has 6 heteroatoms. The Morgan fingerprint density at radius 1 is 1.36 bits per heavy atom. The summed E-state index contributed by atoms with van der Waals surface area (Å²) in [6.45, 7) is 3.60. The number of rotatable bonds is 4. The van der Waals surface area contributed by atoms with Crippen LogP contribution in [0.1, 0.15) is 31.7 Å². The van der Waals surface area contributed by atoms with E-state index in [0.717, 1.165) is 12.0 Å². The number of nitrogens with zero attached hydrogens (tertiary/aromatic N) is 3. The number of morpholine rings is 1. The molecule has 2 aromatic rings. The van der Waals surface area contributed by atoms with Crippen LogP contribution in [0.5, 0.6) is 0 Å². The molecule has 1 amide bonds. The predicted octanol–water partition coefficient (Wildman–Crippen LogP) is 2.44. The summed E-state index contributed by atoms with van der Waals surface area (Å²) in [5, 5.41) is 4.01. The molecule has 1 aliphatic rings. The van der Waals surface area contributed by atoms with Gasteiger partial charge in [0.15, 0.2) is 0 Å². The molecule has 22 heavy (non-hydrogen) atoms. The Morgan fingerprint density at radius 2 is 2.18 bits per heavy atom. The minimum Gasteiger partial charge on any atom is -0.366 e. The first kappa shape index (κ1) is 14.7. The Morgan fingerprint density at radius 3 is 2.95 bits per heavy atom. The van der Waals surface area contributed by atoms with Gasteiger partial charge in [0.2, 0.25) is 11.7 Å². The summed E-state index contributed by atoms with van der Waals surface area (Å²) in [5.41, 5.74) is 0.871. The highest BCUT2D eigenvalue weighted by molar-refractivity contribution is 5.76. The van der Waals surface area contributed by atoms with E-state index >= 15 is 0 Å². The standard InChI is InChI=1S/C16H19N3O3/c1-2-6-14(20)19-9-10-21-13(11-19)15-17-16(22-18-15)12-7-4-3-5-8-12/h3-5,7-8,13H,2,6,9-11H2,1H3. The number of hydrogen-bond donors (Lipinski definition) is 0. The van der Waals surface area contributed by atoms with Crippen molar-refractivity contribution >= 4 is 5.91 Å². The molecule has 0 spiro atoms. The largest absolute Gasteiger partial charge is 0.366 e. The Balaban J connectivity index is 1.72. The first-order valence-corrected chi connectivity index (χ1v) is 7.56. The summed E-state index contributed by atoms with van der Waals surface area (Å²) in [7, 11) is 0. The Labute approximate surface area is 129 Å². The zero-order chi connectivity index (χ0) is 15.4. The first-order valence-electron chi connectivity index (χ1n) is 7.56. The van der Waals surface area contributed by atoms with Gasteiger partial charge in [-0.2, -0.15) is 4.98 Å². The van der Waals surface area contributed by atoms with Crippen molar-refractivity contribution in [3.63, 3.8) is 0 Å². The highest BCUT2D eigenvalue weighted by Gasteiger charge is 2.28. The SMILES string of the molecule is CCCC(=O)N1CCOC(c2noc(-c3ccccc3)n2)C1. The second-order valence-corrected chi connectivity index (χ2v) is 5.27. The van der Waals surface area contributed by atoms with E-state index in [1.54, 1.807) is 0 Å². The molecule has 1 aromatic carbocycles. The lowest BCUT2D eigenvalue weighted by atomic mass is 10.2. The molecule has 3 rings (SSSR count). The van der Waals surface area contributed by atoms with Gasteiger partial charge in [-0.25, -0.2) is 0 Å². The van der Waals surface area contributed by atoms with Crippen molar-refractivity contribution in [3.05, 3.63) is 36.2 Å². The Hall–Kier alpha value is -2.21. The molecule has 6 nitrogen and oxygen atoms in total. The van der Waals surface area contributed by atoms with Crippen LogP contribution >= 0.6 is 0 Å². The smallest absolute Gasteiger partial charge is 0.258 e. The summed E-state index contributed by atoms with van der Waals surface area (Å²) >= 11 is 0. The summed E-state index contributed by atoms with van der Waals surface area (Å²) in [4.78, 5) is 18.2. The number of carbonyl (C=O) groups excluding carboxylic acids is 1. The number of aromatic nitrogens is 2. The van der Waals surface area contributed by atoms with Crippen molar-refractivity contribution in [3.8, 4) is 11.5 Å². The number of hydrogen-bond acceptors (Lipinski definition) is 5. The molecule has 1 atom stereocenters. The molecule has 116 valence electrons. The van der Waals surface area contributed by atoms with Crippen LogP contribution in [-0.4, -0.2) is 40.6 Å². The molecular formula is C16H19N3O3. The molecule has 1 unspecified atom stereocenters. The van der Waals surface area contributed by atoms with Crippen molar-refractivity contribution in [2.24, 2.45) is 0 Å². The fourth-order valence-corrected chi connectivity index (χ4v) is 2.47. The van der Waals surface area contributed by atoms with Crippen LogP contribution < -0.4 is 0 Å². The van der Waals surface area contributed by atoms with Crippen molar-refractivity contribution in [1.29, 1.82) is 0 Å². The maximum absolute atomic E-state index is 12.0. The number of benzene rings is 1. The molecule has 1 aliphatic heterocycles. The summed E-state index contributed by atoms with van der Waals surface area (Å²) in [6.07, 6.45) is 1.09. The number of carbonyl (C=O) groups is 1. The summed E-state index contributed by atoms with van der Waals surface area (Å²) in [5.74, 6) is 1.12. The van der Waals surface area contributed by atoms with Gasteiger partial charge in [-0.3, -0.25) is 4.79 Å². The molecular weight excluding hydrogens is 282 g/mol. The van der Waals surface area contributed by atoms with Crippen LogP contribution in [0, 0.1) is 0 Å². The van der Waals surface area contributed by atoms with Crippen molar-refractivity contribution < 1.29 is 14.1 Å². The van der Waals surface area contributed by atoms with E-state index in [2.05, 4.69) is 10.1 Å². The zero-order valence-electron chi connectivity index (χ0n) is 12.6. The molecule has 1 fully saturated rings. The molecule has 0 radical (unpaired) electrons. The molecule has 0 aliphatic carbocycles. The van der Waals surface area contributed by atoms with Gasteiger partial charge >= 0.3 is 0 Å². The zero-order valence-corrected chi connectivity index (χ0v) is 12.6. The Bertz CT molecular complexity index is 627. The van der Waals surface area contributed by atoms with Gasteiger partial charge in [-0.15, -0.1) is 0 Å². The van der Waals surface area contributed by atoms with E-state index in [4.69, 9.17) is 9.26 Å². The lowest BCUT2D eigenvalue weighted by molar-refractivity contribution is -0.139. The second kappa shape index (κ2) is 6.70. The third kappa shape index (κ3) is 3.17. The van der Waals surface area contributed by atoms with Crippen LogP contribution in [0.4, 0.5) is 0 Å². The van der Waals surface area contributed by atoms with Gasteiger partial charge in [0.05, 0.1) is 13.2 Å². The average Bonchev–Trinajstić information content (AvgIpc) is 3.06. The van der Waals surface area contributed by atoms with Crippen LogP contribution in [0.25, 0.3) is 11.5 Å². The molecule has 1 aromatic heterocycles. The van der Waals surface area contributed by atoms with Crippen molar-refractivity contribution in [2.75, 3.05) is 19.7 Å². The van der Waals surface area contributed by atoms with E-state index in [-0.39, 0.29) is 12.0 Å². The highest BCUT2D eigenvalue weighted by atomic mass is 16.5. The van der Waals surface area contributed by atoms with Crippen LogP contribution in [0.2, 0.25) is 0 Å². The first-order chi connectivity index (χ1) is 10.8. The second-order valence-electron chi connectivity index (χ2n) is 5.27. The fraction of sp³-hybridized carbons (Fsp3) is 0.438. The van der Waals surface area contributed by atoms with Crippen LogP contribution in [-0.2, 0) is 9.53 Å². The quantitative estimate of drug-likeness (QED) is 0.867. The molecule has 1 saturated heterocycles. The molecule has 0 saturated carbocycles. The monoisotopic (exact) mass is 301 g/mol. The number of amides is 1. The van der Waals surface area contributed by atoms with E-state index in [1.165, 1.54) is 0 Å². The summed E-state index contributed by atoms with van der Waals surface area (Å²) < 4.78 is 11.0. The van der Waals surface area contributed by atoms with Gasteiger partial charge in [0.25, 0.3) is 5.89 Å².